The molecule has 5 rings (SSSR count). The van der Waals surface area contributed by atoms with E-state index in [1.165, 1.54) is 16.9 Å². The molecule has 2 aromatic heterocycles. The molecule has 0 atom stereocenters. The van der Waals surface area contributed by atoms with Crippen LogP contribution in [0.2, 0.25) is 5.02 Å². The molecule has 148 valence electrons. The third kappa shape index (κ3) is 3.47. The first-order valence-electron chi connectivity index (χ1n) is 9.48. The molecule has 0 N–H and O–H groups in total. The molecule has 0 spiro atoms. The molecule has 0 unspecified atom stereocenters. The van der Waals surface area contributed by atoms with Gasteiger partial charge in [-0.25, -0.2) is 9.38 Å². The summed E-state index contributed by atoms with van der Waals surface area (Å²) in [5, 5.41) is 0.586. The monoisotopic (exact) mass is 432 g/mol. The number of aryl methyl sites for hydroxylation is 1. The Morgan fingerprint density at radius 2 is 1.90 bits per heavy atom. The first-order chi connectivity index (χ1) is 14.6. The number of hydrogen-bond donors (Lipinski definition) is 0. The van der Waals surface area contributed by atoms with Crippen molar-refractivity contribution in [3.63, 3.8) is 0 Å². The van der Waals surface area contributed by atoms with Crippen molar-refractivity contribution < 1.29 is 4.74 Å². The maximum atomic E-state index is 13.0. The SMILES string of the molecule is Cc1ccc(COc2ccc(Cl)cc2C=c2sc3nc4ccccc4n3c2=O)cc1. The summed E-state index contributed by atoms with van der Waals surface area (Å²) in [5.74, 6) is 0.676. The maximum Gasteiger partial charge on any atom is 0.274 e. The highest BCUT2D eigenvalue weighted by molar-refractivity contribution is 7.15. The molecule has 3 aromatic carbocycles. The molecule has 0 amide bonds. The first-order valence-corrected chi connectivity index (χ1v) is 10.7. The minimum atomic E-state index is -0.0897. The van der Waals surface area contributed by atoms with Gasteiger partial charge >= 0.3 is 0 Å². The lowest BCUT2D eigenvalue weighted by Crippen LogP contribution is -2.22. The highest BCUT2D eigenvalue weighted by Gasteiger charge is 2.11. The topological polar surface area (TPSA) is 43.6 Å². The number of imidazole rings is 1. The van der Waals surface area contributed by atoms with Gasteiger partial charge in [-0.3, -0.25) is 4.79 Å². The number of fused-ring (bicyclic) bond motifs is 3. The predicted molar refractivity (Wildman–Crippen MR) is 123 cm³/mol. The Kier molecular flexibility index (Phi) is 4.77. The average Bonchev–Trinajstić information content (AvgIpc) is 3.25. The molecule has 5 aromatic rings. The van der Waals surface area contributed by atoms with Crippen LogP contribution in [0.1, 0.15) is 16.7 Å². The highest BCUT2D eigenvalue weighted by atomic mass is 35.5. The summed E-state index contributed by atoms with van der Waals surface area (Å²) in [4.78, 5) is 18.3. The van der Waals surface area contributed by atoms with Gasteiger partial charge in [0.1, 0.15) is 12.4 Å². The zero-order valence-electron chi connectivity index (χ0n) is 16.1. The Hall–Kier alpha value is -3.15. The number of thiazole rings is 1. The van der Waals surface area contributed by atoms with Gasteiger partial charge in [0.25, 0.3) is 5.56 Å². The smallest absolute Gasteiger partial charge is 0.274 e. The number of para-hydroxylation sites is 2. The quantitative estimate of drug-likeness (QED) is 0.401. The van der Waals surface area contributed by atoms with Gasteiger partial charge in [-0.15, -0.1) is 0 Å². The van der Waals surface area contributed by atoms with Crippen LogP contribution < -0.4 is 14.8 Å². The van der Waals surface area contributed by atoms with Crippen LogP contribution in [0.15, 0.2) is 71.5 Å². The second-order valence-corrected chi connectivity index (χ2v) is 8.54. The maximum absolute atomic E-state index is 13.0. The Morgan fingerprint density at radius 1 is 1.10 bits per heavy atom. The number of nitrogens with zero attached hydrogens (tertiary/aromatic N) is 2. The minimum Gasteiger partial charge on any atom is -0.488 e. The summed E-state index contributed by atoms with van der Waals surface area (Å²) in [6.45, 7) is 2.49. The molecule has 2 heterocycles. The predicted octanol–water partition coefficient (Wildman–Crippen LogP) is 5.00. The normalized spacial score (nSPS) is 12.1. The molecule has 6 heteroatoms. The summed E-state index contributed by atoms with van der Waals surface area (Å²) in [7, 11) is 0. The third-order valence-electron chi connectivity index (χ3n) is 4.92. The van der Waals surface area contributed by atoms with Crippen molar-refractivity contribution in [2.45, 2.75) is 13.5 Å². The molecule has 0 aliphatic rings. The molecule has 0 bridgehead atoms. The largest absolute Gasteiger partial charge is 0.488 e. The summed E-state index contributed by atoms with van der Waals surface area (Å²) in [6.07, 6.45) is 1.83. The summed E-state index contributed by atoms with van der Waals surface area (Å²) in [5.41, 5.74) is 4.59. The fourth-order valence-corrected chi connectivity index (χ4v) is 4.52. The standard InChI is InChI=1S/C24H17ClN2O2S/c1-15-6-8-16(9-7-15)14-29-21-11-10-18(25)12-17(21)13-22-23(28)27-20-5-3-2-4-19(20)26-24(27)30-22/h2-13H,14H2,1H3. The van der Waals surface area contributed by atoms with E-state index in [0.29, 0.717) is 26.9 Å². The molecule has 0 saturated carbocycles. The zero-order valence-corrected chi connectivity index (χ0v) is 17.7. The Bertz CT molecular complexity index is 1490. The van der Waals surface area contributed by atoms with Crippen LogP contribution in [0.4, 0.5) is 0 Å². The summed E-state index contributed by atoms with van der Waals surface area (Å²) in [6, 6.07) is 21.3. The van der Waals surface area contributed by atoms with E-state index in [-0.39, 0.29) is 5.56 Å². The second kappa shape index (κ2) is 7.59. The van der Waals surface area contributed by atoms with Gasteiger partial charge in [-0.1, -0.05) is 64.9 Å². The van der Waals surface area contributed by atoms with Crippen molar-refractivity contribution in [3.05, 3.63) is 103 Å². The highest BCUT2D eigenvalue weighted by Crippen LogP contribution is 2.25. The van der Waals surface area contributed by atoms with Gasteiger partial charge in [0.2, 0.25) is 0 Å². The molecule has 30 heavy (non-hydrogen) atoms. The van der Waals surface area contributed by atoms with Gasteiger partial charge < -0.3 is 4.74 Å². The Balaban J connectivity index is 1.56. The number of benzene rings is 3. The number of hydrogen-bond acceptors (Lipinski definition) is 4. The number of rotatable bonds is 4. The van der Waals surface area contributed by atoms with E-state index in [4.69, 9.17) is 16.3 Å². The van der Waals surface area contributed by atoms with Gasteiger partial charge in [0.05, 0.1) is 15.6 Å². The van der Waals surface area contributed by atoms with E-state index in [9.17, 15) is 4.79 Å². The minimum absolute atomic E-state index is 0.0897. The zero-order chi connectivity index (χ0) is 20.7. The van der Waals surface area contributed by atoms with E-state index in [0.717, 1.165) is 22.2 Å². The van der Waals surface area contributed by atoms with Crippen molar-refractivity contribution in [2.75, 3.05) is 0 Å². The van der Waals surface area contributed by atoms with Crippen LogP contribution in [0, 0.1) is 6.92 Å². The van der Waals surface area contributed by atoms with E-state index in [1.54, 1.807) is 10.5 Å². The van der Waals surface area contributed by atoms with Crippen LogP contribution in [0.25, 0.3) is 22.1 Å². The third-order valence-corrected chi connectivity index (χ3v) is 6.12. The molecule has 0 fully saturated rings. The van der Waals surface area contributed by atoms with Crippen LogP contribution in [0.3, 0.4) is 0 Å². The number of halogens is 1. The number of ether oxygens (including phenoxy) is 1. The van der Waals surface area contributed by atoms with E-state index < -0.39 is 0 Å². The van der Waals surface area contributed by atoms with Crippen LogP contribution >= 0.6 is 22.9 Å². The molecule has 4 nitrogen and oxygen atoms in total. The Labute approximate surface area is 181 Å². The molecule has 0 saturated heterocycles. The molecular formula is C24H17ClN2O2S. The lowest BCUT2D eigenvalue weighted by atomic mass is 10.1. The van der Waals surface area contributed by atoms with Crippen molar-refractivity contribution in [1.82, 2.24) is 9.38 Å². The Morgan fingerprint density at radius 3 is 2.73 bits per heavy atom. The molecule has 0 radical (unpaired) electrons. The van der Waals surface area contributed by atoms with Crippen molar-refractivity contribution in [2.24, 2.45) is 0 Å². The molecular weight excluding hydrogens is 416 g/mol. The van der Waals surface area contributed by atoms with Crippen LogP contribution in [-0.4, -0.2) is 9.38 Å². The van der Waals surface area contributed by atoms with E-state index in [1.807, 2.05) is 54.6 Å². The van der Waals surface area contributed by atoms with Crippen LogP contribution in [0.5, 0.6) is 5.75 Å². The lowest BCUT2D eigenvalue weighted by Gasteiger charge is -2.10. The lowest BCUT2D eigenvalue weighted by molar-refractivity contribution is 0.305. The van der Waals surface area contributed by atoms with Crippen LogP contribution in [-0.2, 0) is 6.61 Å². The number of aromatic nitrogens is 2. The van der Waals surface area contributed by atoms with E-state index in [2.05, 4.69) is 24.0 Å². The fraction of sp³-hybridized carbons (Fsp3) is 0.0833. The van der Waals surface area contributed by atoms with Crippen molar-refractivity contribution in [3.8, 4) is 5.75 Å². The van der Waals surface area contributed by atoms with Gasteiger partial charge in [0, 0.05) is 10.6 Å². The molecule has 0 aliphatic heterocycles. The first kappa shape index (κ1) is 18.9. The molecule has 0 aliphatic carbocycles. The van der Waals surface area contributed by atoms with Crippen molar-refractivity contribution in [1.29, 1.82) is 0 Å². The van der Waals surface area contributed by atoms with Gasteiger partial charge in [-0.2, -0.15) is 0 Å². The second-order valence-electron chi connectivity index (χ2n) is 7.09. The average molecular weight is 433 g/mol. The van der Waals surface area contributed by atoms with Gasteiger partial charge in [-0.05, 0) is 48.9 Å². The fourth-order valence-electron chi connectivity index (χ4n) is 3.36. The van der Waals surface area contributed by atoms with Gasteiger partial charge in [0.15, 0.2) is 4.96 Å². The van der Waals surface area contributed by atoms with Crippen molar-refractivity contribution >= 4 is 45.0 Å². The van der Waals surface area contributed by atoms with E-state index >= 15 is 0 Å². The summed E-state index contributed by atoms with van der Waals surface area (Å²) < 4.78 is 8.29. The summed E-state index contributed by atoms with van der Waals surface area (Å²) >= 11 is 7.59.